The minimum atomic E-state index is -0.621. The number of hydrogen-bond acceptors (Lipinski definition) is 5. The second-order valence-electron chi connectivity index (χ2n) is 4.30. The topological polar surface area (TPSA) is 81.4 Å². The molecule has 0 unspecified atom stereocenters. The van der Waals surface area contributed by atoms with E-state index in [4.69, 9.17) is 9.26 Å². The van der Waals surface area contributed by atoms with E-state index < -0.39 is 11.9 Å². The number of anilines is 1. The molecule has 1 aromatic heterocycles. The highest BCUT2D eigenvalue weighted by Crippen LogP contribution is 2.17. The van der Waals surface area contributed by atoms with Gasteiger partial charge in [0.05, 0.1) is 11.4 Å². The Morgan fingerprint density at radius 2 is 2.05 bits per heavy atom. The highest BCUT2D eigenvalue weighted by atomic mass is 127. The molecule has 0 saturated carbocycles. The maximum absolute atomic E-state index is 11.9. The molecule has 1 amide bonds. The van der Waals surface area contributed by atoms with Gasteiger partial charge in [0.15, 0.2) is 6.61 Å². The van der Waals surface area contributed by atoms with Gasteiger partial charge in [0.2, 0.25) is 0 Å². The maximum Gasteiger partial charge on any atom is 0.344 e. The normalized spacial score (nSPS) is 10.2. The van der Waals surface area contributed by atoms with Crippen LogP contribution in [0.3, 0.4) is 0 Å². The minimum absolute atomic E-state index is 0.261. The van der Waals surface area contributed by atoms with Crippen LogP contribution in [0, 0.1) is 17.4 Å². The lowest BCUT2D eigenvalue weighted by atomic mass is 10.2. The SMILES string of the molecule is Cc1noc(C)c1C(=O)OCC(=O)Nc1ccccc1I. The molecule has 0 radical (unpaired) electrons. The van der Waals surface area contributed by atoms with Crippen LogP contribution in [0.5, 0.6) is 0 Å². The van der Waals surface area contributed by atoms with E-state index in [1.807, 2.05) is 18.2 Å². The molecule has 110 valence electrons. The molecule has 0 saturated heterocycles. The summed E-state index contributed by atoms with van der Waals surface area (Å²) in [6.45, 7) is 2.89. The first kappa shape index (κ1) is 15.5. The Bertz CT molecular complexity index is 662. The number of carbonyl (C=O) groups excluding carboxylic acids is 2. The molecule has 1 heterocycles. The molecule has 6 nitrogen and oxygen atoms in total. The monoisotopic (exact) mass is 400 g/mol. The number of para-hydroxylation sites is 1. The Labute approximate surface area is 135 Å². The third-order valence-electron chi connectivity index (χ3n) is 2.72. The van der Waals surface area contributed by atoms with E-state index in [1.54, 1.807) is 19.9 Å². The summed E-state index contributed by atoms with van der Waals surface area (Å²) < 4.78 is 10.8. The van der Waals surface area contributed by atoms with Crippen molar-refractivity contribution in [1.82, 2.24) is 5.16 Å². The first-order chi connectivity index (χ1) is 9.99. The van der Waals surface area contributed by atoms with Crippen LogP contribution in [-0.4, -0.2) is 23.6 Å². The van der Waals surface area contributed by atoms with Crippen molar-refractivity contribution in [3.05, 3.63) is 44.9 Å². The van der Waals surface area contributed by atoms with Crippen molar-refractivity contribution in [3.8, 4) is 0 Å². The zero-order valence-electron chi connectivity index (χ0n) is 11.5. The van der Waals surface area contributed by atoms with Crippen molar-refractivity contribution in [3.63, 3.8) is 0 Å². The van der Waals surface area contributed by atoms with Crippen LogP contribution >= 0.6 is 22.6 Å². The van der Waals surface area contributed by atoms with Gasteiger partial charge in [0.1, 0.15) is 11.3 Å². The molecule has 0 aliphatic rings. The average Bonchev–Trinajstić information content (AvgIpc) is 2.78. The zero-order valence-corrected chi connectivity index (χ0v) is 13.6. The number of benzene rings is 1. The summed E-state index contributed by atoms with van der Waals surface area (Å²) >= 11 is 2.11. The highest BCUT2D eigenvalue weighted by molar-refractivity contribution is 14.1. The predicted octanol–water partition coefficient (Wildman–Crippen LogP) is 2.69. The smallest absolute Gasteiger partial charge is 0.344 e. The number of aromatic nitrogens is 1. The Morgan fingerprint density at radius 3 is 2.67 bits per heavy atom. The highest BCUT2D eigenvalue weighted by Gasteiger charge is 2.20. The molecule has 1 N–H and O–H groups in total. The Morgan fingerprint density at radius 1 is 1.33 bits per heavy atom. The van der Waals surface area contributed by atoms with E-state index in [9.17, 15) is 9.59 Å². The first-order valence-electron chi connectivity index (χ1n) is 6.13. The summed E-state index contributed by atoms with van der Waals surface area (Å²) in [4.78, 5) is 23.6. The van der Waals surface area contributed by atoms with Crippen LogP contribution < -0.4 is 5.32 Å². The summed E-state index contributed by atoms with van der Waals surface area (Å²) in [6, 6.07) is 7.32. The van der Waals surface area contributed by atoms with Gasteiger partial charge in [-0.05, 0) is 48.6 Å². The molecule has 0 atom stereocenters. The van der Waals surface area contributed by atoms with Crippen molar-refractivity contribution < 1.29 is 18.8 Å². The summed E-state index contributed by atoms with van der Waals surface area (Å²) in [6.07, 6.45) is 0. The van der Waals surface area contributed by atoms with Gasteiger partial charge < -0.3 is 14.6 Å². The van der Waals surface area contributed by atoms with Gasteiger partial charge in [-0.15, -0.1) is 0 Å². The van der Waals surface area contributed by atoms with Gasteiger partial charge in [0, 0.05) is 3.57 Å². The molecule has 1 aromatic carbocycles. The second kappa shape index (κ2) is 6.70. The molecule has 0 aliphatic heterocycles. The minimum Gasteiger partial charge on any atom is -0.452 e. The van der Waals surface area contributed by atoms with Crippen LogP contribution in [0.25, 0.3) is 0 Å². The Kier molecular flexibility index (Phi) is 4.94. The maximum atomic E-state index is 11.9. The van der Waals surface area contributed by atoms with Gasteiger partial charge in [-0.1, -0.05) is 17.3 Å². The Balaban J connectivity index is 1.93. The van der Waals surface area contributed by atoms with Gasteiger partial charge in [0.25, 0.3) is 5.91 Å². The van der Waals surface area contributed by atoms with E-state index in [0.29, 0.717) is 17.1 Å². The average molecular weight is 400 g/mol. The summed E-state index contributed by atoms with van der Waals surface area (Å²) in [5.74, 6) is -0.654. The summed E-state index contributed by atoms with van der Waals surface area (Å²) in [7, 11) is 0. The van der Waals surface area contributed by atoms with Crippen molar-refractivity contribution in [1.29, 1.82) is 0 Å². The van der Waals surface area contributed by atoms with E-state index in [0.717, 1.165) is 3.57 Å². The number of nitrogens with one attached hydrogen (secondary N) is 1. The number of nitrogens with zero attached hydrogens (tertiary/aromatic N) is 1. The summed E-state index contributed by atoms with van der Waals surface area (Å²) in [5, 5.41) is 6.34. The molecular weight excluding hydrogens is 387 g/mol. The molecule has 0 bridgehead atoms. The van der Waals surface area contributed by atoms with Gasteiger partial charge in [-0.3, -0.25) is 4.79 Å². The standard InChI is InChI=1S/C14H13IN2O4/c1-8-13(9(2)21-17-8)14(19)20-7-12(18)16-11-6-4-3-5-10(11)15/h3-6H,7H2,1-2H3,(H,16,18). The molecular formula is C14H13IN2O4. The number of carbonyl (C=O) groups is 2. The van der Waals surface area contributed by atoms with Crippen molar-refractivity contribution in [2.45, 2.75) is 13.8 Å². The first-order valence-corrected chi connectivity index (χ1v) is 7.21. The second-order valence-corrected chi connectivity index (χ2v) is 5.47. The fraction of sp³-hybridized carbons (Fsp3) is 0.214. The van der Waals surface area contributed by atoms with Gasteiger partial charge in [-0.25, -0.2) is 4.79 Å². The van der Waals surface area contributed by atoms with Crippen LogP contribution in [-0.2, 0) is 9.53 Å². The van der Waals surface area contributed by atoms with Crippen LogP contribution in [0.4, 0.5) is 5.69 Å². The van der Waals surface area contributed by atoms with Crippen LogP contribution in [0.2, 0.25) is 0 Å². The van der Waals surface area contributed by atoms with Crippen molar-refractivity contribution in [2.24, 2.45) is 0 Å². The molecule has 0 fully saturated rings. The number of ether oxygens (including phenoxy) is 1. The summed E-state index contributed by atoms with van der Waals surface area (Å²) in [5.41, 5.74) is 1.38. The molecule has 7 heteroatoms. The van der Waals surface area contributed by atoms with Gasteiger partial charge >= 0.3 is 5.97 Å². The van der Waals surface area contributed by atoms with E-state index in [1.165, 1.54) is 0 Å². The third kappa shape index (κ3) is 3.81. The number of hydrogen-bond donors (Lipinski definition) is 1. The molecule has 0 aliphatic carbocycles. The van der Waals surface area contributed by atoms with Crippen molar-refractivity contribution in [2.75, 3.05) is 11.9 Å². The van der Waals surface area contributed by atoms with Crippen molar-refractivity contribution >= 4 is 40.2 Å². The molecule has 0 spiro atoms. The van der Waals surface area contributed by atoms with Crippen LogP contribution in [0.15, 0.2) is 28.8 Å². The number of esters is 1. The zero-order chi connectivity index (χ0) is 15.4. The number of rotatable bonds is 4. The lowest BCUT2D eigenvalue weighted by Crippen LogP contribution is -2.21. The lowest BCUT2D eigenvalue weighted by Gasteiger charge is -2.07. The number of halogens is 1. The van der Waals surface area contributed by atoms with Gasteiger partial charge in [-0.2, -0.15) is 0 Å². The quantitative estimate of drug-likeness (QED) is 0.631. The molecule has 2 rings (SSSR count). The predicted molar refractivity (Wildman–Crippen MR) is 84.0 cm³/mol. The van der Waals surface area contributed by atoms with E-state index in [2.05, 4.69) is 33.1 Å². The third-order valence-corrected chi connectivity index (χ3v) is 3.66. The fourth-order valence-corrected chi connectivity index (χ4v) is 2.25. The van der Waals surface area contributed by atoms with E-state index >= 15 is 0 Å². The molecule has 2 aromatic rings. The molecule has 21 heavy (non-hydrogen) atoms. The number of aryl methyl sites for hydroxylation is 2. The number of amides is 1. The Hall–Kier alpha value is -1.90. The largest absolute Gasteiger partial charge is 0.452 e. The van der Waals surface area contributed by atoms with E-state index in [-0.39, 0.29) is 12.2 Å². The fourth-order valence-electron chi connectivity index (χ4n) is 1.73. The van der Waals surface area contributed by atoms with Crippen LogP contribution in [0.1, 0.15) is 21.8 Å². The lowest BCUT2D eigenvalue weighted by molar-refractivity contribution is -0.119.